The molecule has 1 heteroatoms. The summed E-state index contributed by atoms with van der Waals surface area (Å²) in [6.07, 6.45) is 1.43. The molecule has 1 heterocycles. The van der Waals surface area contributed by atoms with Crippen molar-refractivity contribution in [2.75, 3.05) is 27.2 Å². The fraction of sp³-hybridized carbons (Fsp3) is 1.00. The highest BCUT2D eigenvalue weighted by Crippen LogP contribution is 2.23. The van der Waals surface area contributed by atoms with E-state index in [-0.39, 0.29) is 0 Å². The van der Waals surface area contributed by atoms with Gasteiger partial charge in [0, 0.05) is 11.8 Å². The number of quaternary nitrogens is 1. The minimum atomic E-state index is 0.929. The van der Waals surface area contributed by atoms with Crippen LogP contribution in [0.25, 0.3) is 0 Å². The van der Waals surface area contributed by atoms with E-state index < -0.39 is 0 Å². The van der Waals surface area contributed by atoms with Gasteiger partial charge in [0.15, 0.2) is 0 Å². The Balaban J connectivity index is 2.51. The molecular formula is C9H20N+. The molecule has 0 saturated carbocycles. The summed E-state index contributed by atoms with van der Waals surface area (Å²) in [5, 5.41) is 0. The number of rotatable bonds is 0. The van der Waals surface area contributed by atoms with Crippen molar-refractivity contribution < 1.29 is 4.48 Å². The van der Waals surface area contributed by atoms with Gasteiger partial charge in [-0.15, -0.1) is 0 Å². The molecule has 2 atom stereocenters. The third-order valence-electron chi connectivity index (χ3n) is 2.42. The van der Waals surface area contributed by atoms with Crippen LogP contribution >= 0.6 is 0 Å². The van der Waals surface area contributed by atoms with Crippen LogP contribution in [0.15, 0.2) is 0 Å². The van der Waals surface area contributed by atoms with Gasteiger partial charge in [-0.2, -0.15) is 0 Å². The summed E-state index contributed by atoms with van der Waals surface area (Å²) in [7, 11) is 4.68. The minimum absolute atomic E-state index is 0.929. The fourth-order valence-electron chi connectivity index (χ4n) is 2.60. The van der Waals surface area contributed by atoms with Gasteiger partial charge in [-0.25, -0.2) is 0 Å². The lowest BCUT2D eigenvalue weighted by Crippen LogP contribution is -2.49. The highest BCUT2D eigenvalue weighted by molar-refractivity contribution is 4.64. The van der Waals surface area contributed by atoms with Gasteiger partial charge in [-0.3, -0.25) is 0 Å². The van der Waals surface area contributed by atoms with Crippen LogP contribution in [0.1, 0.15) is 20.3 Å². The zero-order valence-corrected chi connectivity index (χ0v) is 7.72. The molecule has 0 aliphatic carbocycles. The number of piperidine rings is 1. The predicted octanol–water partition coefficient (Wildman–Crippen LogP) is 1.74. The van der Waals surface area contributed by atoms with Crippen LogP contribution in [0.4, 0.5) is 0 Å². The molecule has 1 nitrogen and oxygen atoms in total. The second-order valence-electron chi connectivity index (χ2n) is 4.75. The molecule has 1 aliphatic heterocycles. The summed E-state index contributed by atoms with van der Waals surface area (Å²) in [5.74, 6) is 1.86. The SMILES string of the molecule is C[C@H]1C[C@H](C)C[N+](C)(C)C1. The summed E-state index contributed by atoms with van der Waals surface area (Å²) in [4.78, 5) is 0. The maximum atomic E-state index is 2.37. The number of hydrogen-bond acceptors (Lipinski definition) is 0. The third kappa shape index (κ3) is 1.98. The number of hydrogen-bond donors (Lipinski definition) is 0. The lowest BCUT2D eigenvalue weighted by Gasteiger charge is -2.40. The summed E-state index contributed by atoms with van der Waals surface area (Å²) in [5.41, 5.74) is 0. The van der Waals surface area contributed by atoms with E-state index in [2.05, 4.69) is 27.9 Å². The highest BCUT2D eigenvalue weighted by atomic mass is 15.3. The van der Waals surface area contributed by atoms with E-state index in [1.807, 2.05) is 0 Å². The molecule has 0 radical (unpaired) electrons. The van der Waals surface area contributed by atoms with E-state index in [9.17, 15) is 0 Å². The Morgan fingerprint density at radius 3 is 1.70 bits per heavy atom. The predicted molar refractivity (Wildman–Crippen MR) is 44.8 cm³/mol. The van der Waals surface area contributed by atoms with Crippen LogP contribution in [0.5, 0.6) is 0 Å². The monoisotopic (exact) mass is 142 g/mol. The fourth-order valence-corrected chi connectivity index (χ4v) is 2.60. The topological polar surface area (TPSA) is 0 Å². The maximum absolute atomic E-state index is 2.37. The Bertz CT molecular complexity index is 106. The van der Waals surface area contributed by atoms with Crippen LogP contribution in [-0.4, -0.2) is 31.7 Å². The molecule has 10 heavy (non-hydrogen) atoms. The third-order valence-corrected chi connectivity index (χ3v) is 2.42. The van der Waals surface area contributed by atoms with Crippen LogP contribution in [0, 0.1) is 11.8 Å². The highest BCUT2D eigenvalue weighted by Gasteiger charge is 2.28. The average molecular weight is 142 g/mol. The molecule has 0 amide bonds. The van der Waals surface area contributed by atoms with Gasteiger partial charge in [-0.1, -0.05) is 13.8 Å². The van der Waals surface area contributed by atoms with Crippen molar-refractivity contribution in [1.82, 2.24) is 0 Å². The molecule has 0 unspecified atom stereocenters. The summed E-state index contributed by atoms with van der Waals surface area (Å²) < 4.78 is 1.22. The first-order valence-corrected chi connectivity index (χ1v) is 4.31. The molecule has 0 aromatic rings. The van der Waals surface area contributed by atoms with E-state index in [0.29, 0.717) is 0 Å². The van der Waals surface area contributed by atoms with Gasteiger partial charge in [0.25, 0.3) is 0 Å². The standard InChI is InChI=1S/C9H20N/c1-8-5-9(2)7-10(3,4)6-8/h8-9H,5-7H2,1-4H3/q+1/t8-,9-/m0/s1. The van der Waals surface area contributed by atoms with Gasteiger partial charge < -0.3 is 4.48 Å². The maximum Gasteiger partial charge on any atom is 0.0808 e. The molecule has 0 N–H and O–H groups in total. The number of nitrogens with zero attached hydrogens (tertiary/aromatic N) is 1. The zero-order chi connectivity index (χ0) is 7.78. The summed E-state index contributed by atoms with van der Waals surface area (Å²) >= 11 is 0. The largest absolute Gasteiger partial charge is 0.328 e. The minimum Gasteiger partial charge on any atom is -0.328 e. The van der Waals surface area contributed by atoms with Crippen molar-refractivity contribution in [3.05, 3.63) is 0 Å². The van der Waals surface area contributed by atoms with Gasteiger partial charge in [0.05, 0.1) is 27.2 Å². The molecule has 1 aliphatic rings. The van der Waals surface area contributed by atoms with Gasteiger partial charge >= 0.3 is 0 Å². The molecule has 0 aromatic carbocycles. The van der Waals surface area contributed by atoms with E-state index >= 15 is 0 Å². The Hall–Kier alpha value is -0.0400. The molecular weight excluding hydrogens is 122 g/mol. The van der Waals surface area contributed by atoms with Crippen molar-refractivity contribution in [1.29, 1.82) is 0 Å². The summed E-state index contributed by atoms with van der Waals surface area (Å²) in [6, 6.07) is 0. The van der Waals surface area contributed by atoms with Gasteiger partial charge in [-0.05, 0) is 6.42 Å². The molecule has 0 bridgehead atoms. The van der Waals surface area contributed by atoms with Crippen molar-refractivity contribution in [2.45, 2.75) is 20.3 Å². The van der Waals surface area contributed by atoms with Crippen molar-refractivity contribution in [2.24, 2.45) is 11.8 Å². The van der Waals surface area contributed by atoms with Crippen molar-refractivity contribution in [3.63, 3.8) is 0 Å². The van der Waals surface area contributed by atoms with Crippen molar-refractivity contribution in [3.8, 4) is 0 Å². The lowest BCUT2D eigenvalue weighted by atomic mass is 9.91. The van der Waals surface area contributed by atoms with Crippen LogP contribution < -0.4 is 0 Å². The Labute approximate surface area is 64.6 Å². The Morgan fingerprint density at radius 2 is 1.40 bits per heavy atom. The molecule has 60 valence electrons. The molecule has 1 saturated heterocycles. The van der Waals surface area contributed by atoms with Crippen LogP contribution in [0.2, 0.25) is 0 Å². The Morgan fingerprint density at radius 1 is 1.00 bits per heavy atom. The molecule has 1 fully saturated rings. The van der Waals surface area contributed by atoms with E-state index in [0.717, 1.165) is 11.8 Å². The normalized spacial score (nSPS) is 39.6. The second kappa shape index (κ2) is 2.54. The van der Waals surface area contributed by atoms with Gasteiger partial charge in [0.2, 0.25) is 0 Å². The van der Waals surface area contributed by atoms with E-state index in [4.69, 9.17) is 0 Å². The Kier molecular flexibility index (Phi) is 2.04. The molecule has 1 rings (SSSR count). The quantitative estimate of drug-likeness (QED) is 0.452. The first-order valence-electron chi connectivity index (χ1n) is 4.31. The smallest absolute Gasteiger partial charge is 0.0808 e. The first-order chi connectivity index (χ1) is 4.49. The first kappa shape index (κ1) is 8.06. The molecule has 0 aromatic heterocycles. The van der Waals surface area contributed by atoms with Crippen molar-refractivity contribution >= 4 is 0 Å². The second-order valence-corrected chi connectivity index (χ2v) is 4.75. The van der Waals surface area contributed by atoms with Crippen LogP contribution in [0.3, 0.4) is 0 Å². The average Bonchev–Trinajstić information content (AvgIpc) is 1.54. The number of likely N-dealkylation sites (tertiary alicyclic amines) is 1. The van der Waals surface area contributed by atoms with E-state index in [1.54, 1.807) is 0 Å². The molecule has 0 spiro atoms. The zero-order valence-electron chi connectivity index (χ0n) is 7.72. The van der Waals surface area contributed by atoms with Crippen LogP contribution in [-0.2, 0) is 0 Å². The lowest BCUT2D eigenvalue weighted by molar-refractivity contribution is -0.902. The summed E-state index contributed by atoms with van der Waals surface area (Å²) in [6.45, 7) is 7.47. The van der Waals surface area contributed by atoms with E-state index in [1.165, 1.54) is 24.0 Å². The van der Waals surface area contributed by atoms with Gasteiger partial charge in [0.1, 0.15) is 0 Å².